The summed E-state index contributed by atoms with van der Waals surface area (Å²) in [5.41, 5.74) is 0.454. The lowest BCUT2D eigenvalue weighted by Gasteiger charge is -2.42. The third-order valence-corrected chi connectivity index (χ3v) is 10.2. The van der Waals surface area contributed by atoms with E-state index in [9.17, 15) is 37.8 Å². The molecule has 14 nitrogen and oxygen atoms in total. The molecular weight excluding hydrogens is 618 g/mol. The van der Waals surface area contributed by atoms with Gasteiger partial charge >= 0.3 is 0 Å². The number of carbonyl (C=O) groups is 4. The van der Waals surface area contributed by atoms with Gasteiger partial charge in [0.15, 0.2) is 9.84 Å². The lowest BCUT2D eigenvalue weighted by Crippen LogP contribution is -2.63. The van der Waals surface area contributed by atoms with E-state index in [-0.39, 0.29) is 67.6 Å². The van der Waals surface area contributed by atoms with Crippen LogP contribution in [0, 0.1) is 5.41 Å². The van der Waals surface area contributed by atoms with Gasteiger partial charge in [0.25, 0.3) is 0 Å². The summed E-state index contributed by atoms with van der Waals surface area (Å²) in [6.07, 6.45) is -3.25. The fourth-order valence-corrected chi connectivity index (χ4v) is 7.37. The lowest BCUT2D eigenvalue weighted by molar-refractivity contribution is -0.151. The predicted molar refractivity (Wildman–Crippen MR) is 165 cm³/mol. The predicted octanol–water partition coefficient (Wildman–Crippen LogP) is -1.37. The van der Waals surface area contributed by atoms with Crippen LogP contribution in [-0.4, -0.2) is 138 Å². The number of piperazine rings is 1. The Morgan fingerprint density at radius 2 is 1.67 bits per heavy atom. The van der Waals surface area contributed by atoms with Crippen LogP contribution in [-0.2, 0) is 40.3 Å². The summed E-state index contributed by atoms with van der Waals surface area (Å²) in [5.74, 6) is -1.35. The first-order valence-corrected chi connectivity index (χ1v) is 17.6. The second-order valence-corrected chi connectivity index (χ2v) is 16.1. The number of sulfone groups is 1. The molecule has 4 N–H and O–H groups in total. The van der Waals surface area contributed by atoms with Gasteiger partial charge in [-0.2, -0.15) is 0 Å². The van der Waals surface area contributed by atoms with E-state index in [1.54, 1.807) is 17.0 Å². The molecular formula is C31H45N5O9S. The zero-order valence-corrected chi connectivity index (χ0v) is 27.5. The normalized spacial score (nSPS) is 31.5. The lowest BCUT2D eigenvalue weighted by atomic mass is 9.91. The molecule has 0 aromatic heterocycles. The Bertz CT molecular complexity index is 1450. The van der Waals surface area contributed by atoms with Crippen LogP contribution in [0.15, 0.2) is 29.2 Å². The first-order chi connectivity index (χ1) is 21.5. The van der Waals surface area contributed by atoms with Gasteiger partial charge in [-0.05, 0) is 29.5 Å². The molecule has 5 rings (SSSR count). The van der Waals surface area contributed by atoms with Crippen LogP contribution in [0.25, 0.3) is 0 Å². The third-order valence-electron chi connectivity index (χ3n) is 9.11. The number of amides is 4. The maximum Gasteiger partial charge on any atom is 0.244 e. The number of aliphatic hydroxyl groups is 2. The van der Waals surface area contributed by atoms with Gasteiger partial charge in [-0.3, -0.25) is 24.1 Å². The number of fused-ring (bicyclic) bond motifs is 6. The van der Waals surface area contributed by atoms with Crippen molar-refractivity contribution < 1.29 is 42.5 Å². The molecule has 6 bridgehead atoms. The van der Waals surface area contributed by atoms with E-state index in [1.165, 1.54) is 17.0 Å². The van der Waals surface area contributed by atoms with E-state index in [4.69, 9.17) is 4.74 Å². The van der Waals surface area contributed by atoms with Crippen LogP contribution in [0.4, 0.5) is 0 Å². The highest BCUT2D eigenvalue weighted by Gasteiger charge is 2.47. The van der Waals surface area contributed by atoms with Crippen LogP contribution in [0.3, 0.4) is 0 Å². The Balaban J connectivity index is 1.43. The number of nitrogens with zero attached hydrogens (tertiary/aromatic N) is 3. The molecule has 0 aliphatic carbocycles. The van der Waals surface area contributed by atoms with Crippen LogP contribution in [0.5, 0.6) is 0 Å². The molecule has 1 aromatic rings. The highest BCUT2D eigenvalue weighted by atomic mass is 32.2. The average Bonchev–Trinajstić information content (AvgIpc) is 3.48. The molecule has 1 aromatic carbocycles. The molecule has 15 heteroatoms. The molecule has 4 saturated heterocycles. The smallest absolute Gasteiger partial charge is 0.244 e. The summed E-state index contributed by atoms with van der Waals surface area (Å²) in [7, 11) is -3.38. The Morgan fingerprint density at radius 3 is 2.33 bits per heavy atom. The van der Waals surface area contributed by atoms with Crippen molar-refractivity contribution in [3.63, 3.8) is 0 Å². The van der Waals surface area contributed by atoms with Crippen molar-refractivity contribution in [2.45, 2.75) is 94.0 Å². The van der Waals surface area contributed by atoms with Gasteiger partial charge in [0, 0.05) is 51.4 Å². The third kappa shape index (κ3) is 7.71. The summed E-state index contributed by atoms with van der Waals surface area (Å²) in [6.45, 7) is 6.61. The summed E-state index contributed by atoms with van der Waals surface area (Å²) in [5, 5.41) is 26.9. The average molecular weight is 664 g/mol. The van der Waals surface area contributed by atoms with Crippen LogP contribution in [0.2, 0.25) is 0 Å². The molecule has 46 heavy (non-hydrogen) atoms. The monoisotopic (exact) mass is 663 g/mol. The highest BCUT2D eigenvalue weighted by Crippen LogP contribution is 2.28. The molecule has 4 heterocycles. The molecule has 0 saturated carbocycles. The number of likely N-dealkylation sites (tertiary alicyclic amines) is 1. The molecule has 0 radical (unpaired) electrons. The van der Waals surface area contributed by atoms with Crippen molar-refractivity contribution in [3.8, 4) is 0 Å². The first kappa shape index (κ1) is 34.2. The van der Waals surface area contributed by atoms with E-state index in [0.717, 1.165) is 11.8 Å². The summed E-state index contributed by atoms with van der Waals surface area (Å²) < 4.78 is 29.7. The Labute approximate surface area is 269 Å². The fourth-order valence-electron chi connectivity index (χ4n) is 6.74. The van der Waals surface area contributed by atoms with Crippen molar-refractivity contribution >= 4 is 33.5 Å². The molecule has 254 valence electrons. The molecule has 4 fully saturated rings. The second-order valence-electron chi connectivity index (χ2n) is 14.1. The number of hydrogen-bond acceptors (Lipinski definition) is 10. The summed E-state index contributed by atoms with van der Waals surface area (Å²) >= 11 is 0. The van der Waals surface area contributed by atoms with Crippen LogP contribution < -0.4 is 10.6 Å². The number of benzene rings is 1. The standard InChI is InChI=1S/C31H45N5O9S/c1-31(2,3)13-26(38)36-10-9-34-17-22(36)29(41)32-14-24-28(40)27(39)23(45-24)12-25(37)33-19-11-21(30(34)42)35(16-19)15-18-5-7-20(8-6-18)46(4,43)44/h5-8,19,21-24,27-28,39-40H,9-17H2,1-4H3,(H,32,41)(H,33,37)/t19-,21-,22-,23-,24+,27-,28+/m0/s1. The Kier molecular flexibility index (Phi) is 9.81. The van der Waals surface area contributed by atoms with E-state index >= 15 is 0 Å². The quantitative estimate of drug-likeness (QED) is 0.300. The maximum absolute atomic E-state index is 14.2. The van der Waals surface area contributed by atoms with Gasteiger partial charge in [-0.1, -0.05) is 32.9 Å². The van der Waals surface area contributed by atoms with Gasteiger partial charge < -0.3 is 35.4 Å². The number of rotatable bonds is 4. The van der Waals surface area contributed by atoms with E-state index in [1.807, 2.05) is 25.7 Å². The number of nitrogens with one attached hydrogen (secondary N) is 2. The Morgan fingerprint density at radius 1 is 1.00 bits per heavy atom. The van der Waals surface area contributed by atoms with Crippen molar-refractivity contribution in [3.05, 3.63) is 29.8 Å². The summed E-state index contributed by atoms with van der Waals surface area (Å²) in [6, 6.07) is 4.37. The van der Waals surface area contributed by atoms with Crippen molar-refractivity contribution in [2.24, 2.45) is 5.41 Å². The number of hydrogen-bond donors (Lipinski definition) is 4. The number of carbonyl (C=O) groups excluding carboxylic acids is 4. The number of aliphatic hydroxyl groups excluding tert-OH is 2. The zero-order valence-electron chi connectivity index (χ0n) is 26.7. The first-order valence-electron chi connectivity index (χ1n) is 15.7. The highest BCUT2D eigenvalue weighted by molar-refractivity contribution is 7.90. The molecule has 7 atom stereocenters. The Hall–Kier alpha value is -3.11. The molecule has 4 aliphatic rings. The largest absolute Gasteiger partial charge is 0.388 e. The number of ether oxygens (including phenoxy) is 1. The maximum atomic E-state index is 14.2. The summed E-state index contributed by atoms with van der Waals surface area (Å²) in [4.78, 5) is 59.4. The molecule has 0 spiro atoms. The van der Waals surface area contributed by atoms with Crippen molar-refractivity contribution in [1.82, 2.24) is 25.3 Å². The van der Waals surface area contributed by atoms with E-state index in [2.05, 4.69) is 10.6 Å². The minimum absolute atomic E-state index is 0.0374. The molecule has 4 aliphatic heterocycles. The van der Waals surface area contributed by atoms with Gasteiger partial charge in [0.2, 0.25) is 23.6 Å². The SMILES string of the molecule is CC(C)(C)CC(=O)N1CCN2C[C@H]1C(=O)NC[C@H]1O[C@@H](CC(=O)N[C@H]3C[C@@H](C2=O)N(Cc2ccc(S(C)(=O)=O)cc2)C3)[C@H](O)[C@@H]1O. The van der Waals surface area contributed by atoms with Gasteiger partial charge in [0.05, 0.1) is 30.0 Å². The molecule has 4 amide bonds. The topological polar surface area (TPSA) is 186 Å². The zero-order chi connectivity index (χ0) is 33.6. The molecule has 0 unspecified atom stereocenters. The van der Waals surface area contributed by atoms with Crippen molar-refractivity contribution in [1.29, 1.82) is 0 Å². The van der Waals surface area contributed by atoms with Crippen molar-refractivity contribution in [2.75, 3.05) is 39.0 Å². The second kappa shape index (κ2) is 13.2. The minimum Gasteiger partial charge on any atom is -0.388 e. The minimum atomic E-state index is -3.38. The van der Waals surface area contributed by atoms with Gasteiger partial charge in [-0.15, -0.1) is 0 Å². The van der Waals surface area contributed by atoms with Crippen LogP contribution >= 0.6 is 0 Å². The fraction of sp³-hybridized carbons (Fsp3) is 0.677. The van der Waals surface area contributed by atoms with Gasteiger partial charge in [-0.25, -0.2) is 8.42 Å². The van der Waals surface area contributed by atoms with E-state index in [0.29, 0.717) is 13.1 Å². The van der Waals surface area contributed by atoms with Crippen LogP contribution in [0.1, 0.15) is 45.6 Å². The van der Waals surface area contributed by atoms with Gasteiger partial charge in [0.1, 0.15) is 24.4 Å². The van der Waals surface area contributed by atoms with E-state index < -0.39 is 64.2 Å².